The summed E-state index contributed by atoms with van der Waals surface area (Å²) >= 11 is 7.73. The van der Waals surface area contributed by atoms with Gasteiger partial charge in [0.1, 0.15) is 10.6 Å². The molecule has 0 unspecified atom stereocenters. The fourth-order valence-corrected chi connectivity index (χ4v) is 5.10. The molecular weight excluding hydrogens is 398 g/mol. The van der Waals surface area contributed by atoms with Gasteiger partial charge in [0, 0.05) is 5.75 Å². The molecule has 1 amide bonds. The van der Waals surface area contributed by atoms with Crippen LogP contribution >= 0.6 is 23.4 Å². The average Bonchev–Trinajstić information content (AvgIpc) is 2.54. The van der Waals surface area contributed by atoms with Gasteiger partial charge in [-0.25, -0.2) is 9.48 Å². The number of halogens is 1. The van der Waals surface area contributed by atoms with E-state index in [1.54, 1.807) is 6.20 Å². The minimum Gasteiger partial charge on any atom is -0.442 e. The third kappa shape index (κ3) is 5.44. The molecule has 2 rings (SSSR count). The van der Waals surface area contributed by atoms with Gasteiger partial charge in [0.05, 0.1) is 16.6 Å². The zero-order valence-electron chi connectivity index (χ0n) is 17.7. The minimum absolute atomic E-state index is 0.146. The molecule has 1 aliphatic rings. The molecule has 1 aliphatic carbocycles. The van der Waals surface area contributed by atoms with Gasteiger partial charge in [-0.05, 0) is 57.8 Å². The van der Waals surface area contributed by atoms with Gasteiger partial charge in [-0.15, -0.1) is 11.8 Å². The summed E-state index contributed by atoms with van der Waals surface area (Å²) in [6.45, 7) is 12.4. The van der Waals surface area contributed by atoms with Gasteiger partial charge in [-0.2, -0.15) is 5.10 Å². The molecule has 28 heavy (non-hydrogen) atoms. The second-order valence-corrected chi connectivity index (χ2v) is 11.1. The lowest BCUT2D eigenvalue weighted by Gasteiger charge is -2.43. The predicted octanol–water partition coefficient (Wildman–Crippen LogP) is 4.81. The van der Waals surface area contributed by atoms with Crippen molar-refractivity contribution in [2.24, 2.45) is 17.1 Å². The van der Waals surface area contributed by atoms with Crippen molar-refractivity contribution in [3.63, 3.8) is 0 Å². The molecule has 1 heterocycles. The summed E-state index contributed by atoms with van der Waals surface area (Å²) in [5.41, 5.74) is 4.17. The highest BCUT2D eigenvalue weighted by Gasteiger charge is 2.41. The number of rotatable bonds is 4. The van der Waals surface area contributed by atoms with E-state index in [1.807, 2.05) is 20.8 Å². The summed E-state index contributed by atoms with van der Waals surface area (Å²) in [5, 5.41) is 4.41. The van der Waals surface area contributed by atoms with Gasteiger partial charge in [-0.1, -0.05) is 32.4 Å². The zero-order chi connectivity index (χ0) is 21.3. The van der Waals surface area contributed by atoms with Crippen molar-refractivity contribution < 1.29 is 9.53 Å². The predicted molar refractivity (Wildman–Crippen MR) is 114 cm³/mol. The SMILES string of the molecule is CC(C)(C)C1CCC(CSc2cnn(C(C)(C)C)c(=O)c2Cl)(OC(N)=O)CC1. The maximum absolute atomic E-state index is 12.5. The molecule has 158 valence electrons. The zero-order valence-corrected chi connectivity index (χ0v) is 19.2. The van der Waals surface area contributed by atoms with Gasteiger partial charge < -0.3 is 10.5 Å². The first-order valence-electron chi connectivity index (χ1n) is 9.65. The van der Waals surface area contributed by atoms with Crippen LogP contribution in [0.2, 0.25) is 5.02 Å². The Labute approximate surface area is 176 Å². The molecule has 2 N–H and O–H groups in total. The Morgan fingerprint density at radius 3 is 2.36 bits per heavy atom. The molecule has 0 bridgehead atoms. The molecule has 0 aliphatic heterocycles. The molecule has 1 aromatic heterocycles. The Balaban J connectivity index is 2.18. The molecule has 0 spiro atoms. The maximum Gasteiger partial charge on any atom is 0.405 e. The van der Waals surface area contributed by atoms with Gasteiger partial charge in [0.15, 0.2) is 0 Å². The first-order chi connectivity index (χ1) is 12.8. The van der Waals surface area contributed by atoms with Crippen molar-refractivity contribution in [2.75, 3.05) is 5.75 Å². The van der Waals surface area contributed by atoms with E-state index in [0.717, 1.165) is 25.7 Å². The van der Waals surface area contributed by atoms with Gasteiger partial charge in [-0.3, -0.25) is 4.79 Å². The van der Waals surface area contributed by atoms with Crippen molar-refractivity contribution in [2.45, 2.75) is 83.3 Å². The van der Waals surface area contributed by atoms with Crippen molar-refractivity contribution >= 4 is 29.5 Å². The number of hydrogen-bond donors (Lipinski definition) is 1. The quantitative estimate of drug-likeness (QED) is 0.693. The molecule has 8 heteroatoms. The van der Waals surface area contributed by atoms with Crippen molar-refractivity contribution in [1.82, 2.24) is 9.78 Å². The van der Waals surface area contributed by atoms with Crippen LogP contribution in [0.3, 0.4) is 0 Å². The summed E-state index contributed by atoms with van der Waals surface area (Å²) in [4.78, 5) is 24.7. The van der Waals surface area contributed by atoms with Crippen LogP contribution < -0.4 is 11.3 Å². The number of ether oxygens (including phenoxy) is 1. The number of hydrogen-bond acceptors (Lipinski definition) is 5. The van der Waals surface area contributed by atoms with E-state index in [2.05, 4.69) is 25.9 Å². The normalized spacial score (nSPS) is 23.5. The third-order valence-corrected chi connectivity index (χ3v) is 7.22. The first kappa shape index (κ1) is 23.1. The number of carbonyl (C=O) groups is 1. The summed E-state index contributed by atoms with van der Waals surface area (Å²) in [6.07, 6.45) is 4.27. The fraction of sp³-hybridized carbons (Fsp3) is 0.750. The molecule has 1 aromatic rings. The Hall–Kier alpha value is -1.21. The smallest absolute Gasteiger partial charge is 0.405 e. The van der Waals surface area contributed by atoms with E-state index in [9.17, 15) is 9.59 Å². The van der Waals surface area contributed by atoms with E-state index in [4.69, 9.17) is 22.1 Å². The Morgan fingerprint density at radius 2 is 1.89 bits per heavy atom. The summed E-state index contributed by atoms with van der Waals surface area (Å²) < 4.78 is 6.96. The highest BCUT2D eigenvalue weighted by molar-refractivity contribution is 7.99. The molecule has 0 saturated heterocycles. The molecule has 0 aromatic carbocycles. The maximum atomic E-state index is 12.5. The number of carbonyl (C=O) groups excluding carboxylic acids is 1. The first-order valence-corrected chi connectivity index (χ1v) is 11.0. The lowest BCUT2D eigenvalue weighted by molar-refractivity contribution is -0.0181. The van der Waals surface area contributed by atoms with E-state index in [0.29, 0.717) is 16.6 Å². The van der Waals surface area contributed by atoms with Gasteiger partial charge in [0.2, 0.25) is 0 Å². The highest BCUT2D eigenvalue weighted by atomic mass is 35.5. The largest absolute Gasteiger partial charge is 0.442 e. The van der Waals surface area contributed by atoms with Crippen molar-refractivity contribution in [3.05, 3.63) is 21.6 Å². The van der Waals surface area contributed by atoms with Crippen LogP contribution in [-0.2, 0) is 10.3 Å². The van der Waals surface area contributed by atoms with Crippen LogP contribution in [-0.4, -0.2) is 27.2 Å². The number of nitrogens with two attached hydrogens (primary N) is 1. The second-order valence-electron chi connectivity index (χ2n) is 9.74. The summed E-state index contributed by atoms with van der Waals surface area (Å²) in [5.74, 6) is 1.07. The topological polar surface area (TPSA) is 87.2 Å². The summed E-state index contributed by atoms with van der Waals surface area (Å²) in [7, 11) is 0. The number of amides is 1. The van der Waals surface area contributed by atoms with E-state index < -0.39 is 17.2 Å². The number of nitrogens with zero attached hydrogens (tertiary/aromatic N) is 2. The monoisotopic (exact) mass is 429 g/mol. The molecule has 6 nitrogen and oxygen atoms in total. The second kappa shape index (κ2) is 8.27. The molecule has 0 radical (unpaired) electrons. The fourth-order valence-electron chi connectivity index (χ4n) is 3.70. The van der Waals surface area contributed by atoms with Crippen LogP contribution in [0.1, 0.15) is 67.2 Å². The number of aromatic nitrogens is 2. The Morgan fingerprint density at radius 1 is 1.32 bits per heavy atom. The lowest BCUT2D eigenvalue weighted by Crippen LogP contribution is -2.44. The van der Waals surface area contributed by atoms with Crippen LogP contribution in [0.5, 0.6) is 0 Å². The number of thioether (sulfide) groups is 1. The number of primary amides is 1. The lowest BCUT2D eigenvalue weighted by atomic mass is 9.69. The van der Waals surface area contributed by atoms with Gasteiger partial charge >= 0.3 is 6.09 Å². The Kier molecular flexibility index (Phi) is 6.81. The van der Waals surface area contributed by atoms with Crippen molar-refractivity contribution in [1.29, 1.82) is 0 Å². The van der Waals surface area contributed by atoms with Crippen molar-refractivity contribution in [3.8, 4) is 0 Å². The van der Waals surface area contributed by atoms with Crippen LogP contribution in [0.15, 0.2) is 15.9 Å². The molecule has 1 fully saturated rings. The average molecular weight is 430 g/mol. The van der Waals surface area contributed by atoms with Crippen LogP contribution in [0.25, 0.3) is 0 Å². The van der Waals surface area contributed by atoms with E-state index in [1.165, 1.54) is 16.4 Å². The molecule has 1 saturated carbocycles. The molecule has 0 atom stereocenters. The van der Waals surface area contributed by atoms with E-state index in [-0.39, 0.29) is 16.0 Å². The van der Waals surface area contributed by atoms with E-state index >= 15 is 0 Å². The van der Waals surface area contributed by atoms with Crippen LogP contribution in [0, 0.1) is 11.3 Å². The summed E-state index contributed by atoms with van der Waals surface area (Å²) in [6, 6.07) is 0. The third-order valence-electron chi connectivity index (χ3n) is 5.45. The molecular formula is C20H32ClN3O3S. The highest BCUT2D eigenvalue weighted by Crippen LogP contribution is 2.45. The Bertz CT molecular complexity index is 772. The minimum atomic E-state index is -0.762. The van der Waals surface area contributed by atoms with Gasteiger partial charge in [0.25, 0.3) is 5.56 Å². The standard InChI is InChI=1S/C20H32ClN3O3S/c1-18(2,3)13-7-9-20(10-8-13,27-17(22)26)12-28-14-11-23-24(19(4,5)6)16(25)15(14)21/h11,13H,7-10,12H2,1-6H3,(H2,22,26). The van der Waals surface area contributed by atoms with Crippen LogP contribution in [0.4, 0.5) is 4.79 Å².